The molecule has 2 atom stereocenters. The second-order valence-electron chi connectivity index (χ2n) is 6.84. The first-order valence-electron chi connectivity index (χ1n) is 8.06. The number of hydrogen-bond donors (Lipinski definition) is 2. The van der Waals surface area contributed by atoms with Crippen molar-refractivity contribution in [2.45, 2.75) is 32.3 Å². The van der Waals surface area contributed by atoms with E-state index in [9.17, 15) is 23.5 Å². The maximum Gasteiger partial charge on any atom is 0.240 e. The van der Waals surface area contributed by atoms with Gasteiger partial charge in [0.05, 0.1) is 6.10 Å². The summed E-state index contributed by atoms with van der Waals surface area (Å²) in [7, 11) is 0. The van der Waals surface area contributed by atoms with Crippen molar-refractivity contribution >= 4 is 17.5 Å². The minimum Gasteiger partial charge on any atom is -0.391 e. The molecule has 0 unspecified atom stereocenters. The molecule has 1 heterocycles. The summed E-state index contributed by atoms with van der Waals surface area (Å²) in [5, 5.41) is 12.1. The molecule has 0 bridgehead atoms. The van der Waals surface area contributed by atoms with Crippen LogP contribution in [0, 0.1) is 23.0 Å². The number of benzene rings is 1. The first-order chi connectivity index (χ1) is 11.3. The number of hydrogen-bond acceptors (Lipinski definition) is 3. The van der Waals surface area contributed by atoms with E-state index in [0.717, 1.165) is 12.1 Å². The van der Waals surface area contributed by atoms with Gasteiger partial charge >= 0.3 is 0 Å². The molecule has 1 aliphatic carbocycles. The molecule has 130 valence electrons. The number of rotatable bonds is 3. The third-order valence-electron chi connectivity index (χ3n) is 4.72. The molecule has 5 nitrogen and oxygen atoms in total. The van der Waals surface area contributed by atoms with E-state index in [0.29, 0.717) is 25.8 Å². The zero-order valence-electron chi connectivity index (χ0n) is 13.4. The molecule has 24 heavy (non-hydrogen) atoms. The van der Waals surface area contributed by atoms with Crippen LogP contribution < -0.4 is 5.32 Å². The quantitative estimate of drug-likeness (QED) is 0.827. The summed E-state index contributed by atoms with van der Waals surface area (Å²) in [6.45, 7) is 2.59. The molecule has 0 radical (unpaired) electrons. The highest BCUT2D eigenvalue weighted by Crippen LogP contribution is 2.48. The van der Waals surface area contributed by atoms with E-state index in [4.69, 9.17) is 0 Å². The van der Waals surface area contributed by atoms with E-state index in [1.807, 2.05) is 6.92 Å². The fourth-order valence-electron chi connectivity index (χ4n) is 3.30. The molecule has 2 aliphatic rings. The molecule has 3 rings (SSSR count). The molecule has 1 aromatic carbocycles. The topological polar surface area (TPSA) is 69.6 Å². The van der Waals surface area contributed by atoms with E-state index in [1.165, 1.54) is 11.0 Å². The molecule has 0 spiro atoms. The zero-order valence-corrected chi connectivity index (χ0v) is 13.4. The minimum absolute atomic E-state index is 0.139. The van der Waals surface area contributed by atoms with E-state index in [2.05, 4.69) is 5.32 Å². The lowest BCUT2D eigenvalue weighted by molar-refractivity contribution is -0.145. The van der Waals surface area contributed by atoms with Crippen molar-refractivity contribution < 1.29 is 23.5 Å². The van der Waals surface area contributed by atoms with E-state index in [-0.39, 0.29) is 18.4 Å². The number of aliphatic hydroxyl groups excluding tert-OH is 1. The Bertz CT molecular complexity index is 646. The lowest BCUT2D eigenvalue weighted by atomic mass is 9.95. The number of para-hydroxylation sites is 1. The number of piperidine rings is 1. The number of carbonyl (C=O) groups is 2. The normalized spacial score (nSPS) is 25.2. The van der Waals surface area contributed by atoms with Crippen LogP contribution in [0.3, 0.4) is 0 Å². The van der Waals surface area contributed by atoms with Crippen LogP contribution in [-0.2, 0) is 9.59 Å². The van der Waals surface area contributed by atoms with Crippen molar-refractivity contribution in [2.24, 2.45) is 11.3 Å². The molecule has 1 aliphatic heterocycles. The predicted octanol–water partition coefficient (Wildman–Crippen LogP) is 1.91. The van der Waals surface area contributed by atoms with Crippen LogP contribution in [0.25, 0.3) is 0 Å². The van der Waals surface area contributed by atoms with Gasteiger partial charge in [-0.15, -0.1) is 0 Å². The van der Waals surface area contributed by atoms with Gasteiger partial charge in [-0.3, -0.25) is 9.59 Å². The summed E-state index contributed by atoms with van der Waals surface area (Å²) in [6.07, 6.45) is 0.688. The van der Waals surface area contributed by atoms with Crippen molar-refractivity contribution in [3.8, 4) is 0 Å². The number of carbonyl (C=O) groups excluding carboxylic acids is 2. The molecule has 1 aromatic rings. The second kappa shape index (κ2) is 6.12. The number of nitrogens with zero attached hydrogens (tertiary/aromatic N) is 1. The Morgan fingerprint density at radius 2 is 1.88 bits per heavy atom. The van der Waals surface area contributed by atoms with Gasteiger partial charge in [0.1, 0.15) is 22.7 Å². The fraction of sp³-hybridized carbons (Fsp3) is 0.529. The highest BCUT2D eigenvalue weighted by molar-refractivity contribution is 6.13. The van der Waals surface area contributed by atoms with Crippen LogP contribution in [0.4, 0.5) is 14.5 Å². The van der Waals surface area contributed by atoms with Crippen LogP contribution in [0.1, 0.15) is 26.2 Å². The summed E-state index contributed by atoms with van der Waals surface area (Å²) in [5.74, 6) is -2.69. The van der Waals surface area contributed by atoms with Gasteiger partial charge in [0, 0.05) is 13.1 Å². The number of nitrogens with one attached hydrogen (secondary N) is 1. The highest BCUT2D eigenvalue weighted by atomic mass is 19.1. The minimum atomic E-state index is -1.27. The monoisotopic (exact) mass is 338 g/mol. The van der Waals surface area contributed by atoms with Crippen LogP contribution in [-0.4, -0.2) is 41.0 Å². The maximum atomic E-state index is 13.7. The van der Waals surface area contributed by atoms with Crippen molar-refractivity contribution in [3.63, 3.8) is 0 Å². The Kier molecular flexibility index (Phi) is 4.29. The molecule has 7 heteroatoms. The second-order valence-corrected chi connectivity index (χ2v) is 6.84. The van der Waals surface area contributed by atoms with Gasteiger partial charge in [0.15, 0.2) is 0 Å². The molecule has 2 N–H and O–H groups in total. The maximum absolute atomic E-state index is 13.7. The van der Waals surface area contributed by atoms with Gasteiger partial charge in [-0.05, 0) is 37.3 Å². The average Bonchev–Trinajstić information content (AvgIpc) is 3.31. The van der Waals surface area contributed by atoms with Crippen molar-refractivity contribution in [1.82, 2.24) is 4.90 Å². The lowest BCUT2D eigenvalue weighted by Crippen LogP contribution is -2.50. The van der Waals surface area contributed by atoms with Crippen molar-refractivity contribution in [3.05, 3.63) is 29.8 Å². The van der Waals surface area contributed by atoms with Gasteiger partial charge in [-0.2, -0.15) is 0 Å². The van der Waals surface area contributed by atoms with Gasteiger partial charge in [-0.1, -0.05) is 13.0 Å². The number of anilines is 1. The van der Waals surface area contributed by atoms with Crippen LogP contribution in [0.15, 0.2) is 18.2 Å². The van der Waals surface area contributed by atoms with Gasteiger partial charge in [-0.25, -0.2) is 8.78 Å². The molecule has 1 saturated heterocycles. The molecule has 2 fully saturated rings. The number of aliphatic hydroxyl groups is 1. The summed E-state index contributed by atoms with van der Waals surface area (Å²) >= 11 is 0. The molecule has 0 aromatic heterocycles. The fourth-order valence-corrected chi connectivity index (χ4v) is 3.30. The SMILES string of the molecule is C[C@@H]1C[C@H](O)CN(C(=O)C2(C(=O)Nc3c(F)cccc3F)CC2)C1. The molecular weight excluding hydrogens is 318 g/mol. The Hall–Kier alpha value is -2.02. The smallest absolute Gasteiger partial charge is 0.240 e. The highest BCUT2D eigenvalue weighted by Gasteiger charge is 2.58. The standard InChI is InChI=1S/C17H20F2N2O3/c1-10-7-11(22)9-21(8-10)16(24)17(5-6-17)15(23)20-14-12(18)3-2-4-13(14)19/h2-4,10-11,22H,5-9H2,1H3,(H,20,23)/t10-,11+/m1/s1. The van der Waals surface area contributed by atoms with Crippen LogP contribution >= 0.6 is 0 Å². The van der Waals surface area contributed by atoms with E-state index in [1.54, 1.807) is 0 Å². The Morgan fingerprint density at radius 1 is 1.25 bits per heavy atom. The number of likely N-dealkylation sites (tertiary alicyclic amines) is 1. The van der Waals surface area contributed by atoms with Crippen molar-refractivity contribution in [2.75, 3.05) is 18.4 Å². The van der Waals surface area contributed by atoms with E-state index >= 15 is 0 Å². The Morgan fingerprint density at radius 3 is 2.42 bits per heavy atom. The molecule has 2 amide bonds. The van der Waals surface area contributed by atoms with Gasteiger partial charge in [0.2, 0.25) is 11.8 Å². The van der Waals surface area contributed by atoms with Gasteiger partial charge < -0.3 is 15.3 Å². The Labute approximate surface area is 138 Å². The first-order valence-corrected chi connectivity index (χ1v) is 8.06. The Balaban J connectivity index is 1.76. The third kappa shape index (κ3) is 3.00. The van der Waals surface area contributed by atoms with Gasteiger partial charge in [0.25, 0.3) is 0 Å². The number of halogens is 2. The molecule has 1 saturated carbocycles. The first kappa shape index (κ1) is 16.8. The van der Waals surface area contributed by atoms with E-state index < -0.39 is 34.7 Å². The predicted molar refractivity (Wildman–Crippen MR) is 83.0 cm³/mol. The van der Waals surface area contributed by atoms with Crippen molar-refractivity contribution in [1.29, 1.82) is 0 Å². The third-order valence-corrected chi connectivity index (χ3v) is 4.72. The summed E-state index contributed by atoms with van der Waals surface area (Å²) < 4.78 is 27.4. The van der Waals surface area contributed by atoms with Crippen LogP contribution in [0.5, 0.6) is 0 Å². The lowest BCUT2D eigenvalue weighted by Gasteiger charge is -2.36. The number of amides is 2. The average molecular weight is 338 g/mol. The molecular formula is C17H20F2N2O3. The van der Waals surface area contributed by atoms with Crippen LogP contribution in [0.2, 0.25) is 0 Å². The number of β-amino-alcohol motifs (C(OH)–C–C–N with tert-alkyl or cyclic N) is 1. The summed E-state index contributed by atoms with van der Waals surface area (Å²) in [6, 6.07) is 3.29. The summed E-state index contributed by atoms with van der Waals surface area (Å²) in [4.78, 5) is 26.7. The largest absolute Gasteiger partial charge is 0.391 e. The summed E-state index contributed by atoms with van der Waals surface area (Å²) in [5.41, 5.74) is -1.81. The zero-order chi connectivity index (χ0) is 17.5.